The van der Waals surface area contributed by atoms with Crippen molar-refractivity contribution >= 4 is 57.6 Å². The summed E-state index contributed by atoms with van der Waals surface area (Å²) in [5.74, 6) is -1.18. The molecule has 20 nitrogen and oxygen atoms in total. The number of benzene rings is 2. The van der Waals surface area contributed by atoms with Crippen LogP contribution in [0.4, 0.5) is 11.9 Å². The number of hydrogen-bond acceptors (Lipinski definition) is 12. The van der Waals surface area contributed by atoms with Crippen molar-refractivity contribution in [2.24, 2.45) is 11.5 Å². The number of nitrogens with two attached hydrogens (primary N) is 2. The molecule has 0 bridgehead atoms. The van der Waals surface area contributed by atoms with Crippen molar-refractivity contribution in [2.45, 2.75) is 60.3 Å². The number of nitrogens with zero attached hydrogens (tertiary/aromatic N) is 10. The van der Waals surface area contributed by atoms with Gasteiger partial charge in [-0.1, -0.05) is 24.3 Å². The van der Waals surface area contributed by atoms with E-state index < -0.39 is 23.6 Å². The highest BCUT2D eigenvalue weighted by molar-refractivity contribution is 6.05. The molecule has 330 valence electrons. The normalized spacial score (nSPS) is 13.6. The number of anilines is 2. The minimum Gasteiger partial charge on any atom is -0.494 e. The van der Waals surface area contributed by atoms with Gasteiger partial charge in [0.15, 0.2) is 0 Å². The largest absolute Gasteiger partial charge is 0.494 e. The molecule has 0 radical (unpaired) electrons. The Labute approximate surface area is 363 Å². The van der Waals surface area contributed by atoms with Gasteiger partial charge < -0.3 is 30.1 Å². The summed E-state index contributed by atoms with van der Waals surface area (Å²) in [5, 5.41) is 19.1. The molecule has 1 saturated heterocycles. The van der Waals surface area contributed by atoms with Crippen LogP contribution in [0.3, 0.4) is 0 Å². The van der Waals surface area contributed by atoms with Gasteiger partial charge in [0, 0.05) is 64.0 Å². The fraction of sp³-hybridized carbons (Fsp3) is 0.349. The lowest BCUT2D eigenvalue weighted by Gasteiger charge is -2.21. The minimum absolute atomic E-state index is 0.161. The number of nitrogens with one attached hydrogen (secondary N) is 2. The summed E-state index contributed by atoms with van der Waals surface area (Å²) in [6.45, 7) is 11.6. The third-order valence-electron chi connectivity index (χ3n) is 10.7. The molecule has 6 aromatic rings. The highest BCUT2D eigenvalue weighted by Gasteiger charge is 2.24. The number of carbonyl (C=O) groups is 4. The first-order valence-electron chi connectivity index (χ1n) is 20.6. The van der Waals surface area contributed by atoms with E-state index in [1.54, 1.807) is 49.7 Å². The van der Waals surface area contributed by atoms with Gasteiger partial charge in [-0.25, -0.2) is 20.0 Å². The molecule has 0 spiro atoms. The summed E-state index contributed by atoms with van der Waals surface area (Å²) in [6.07, 6.45) is 8.75. The SMILES string of the molecule is CCn1nc(C)cc1C(=O)Nc1nc2cc(C(N)=O)cc(OC)c2n1C/C=C/Cn1c(NC(=O)c2cc(C)nn2CC)nc2cc(C(N)=O)cc(OC/C=C/CN3CCCN3C)c21. The van der Waals surface area contributed by atoms with Crippen LogP contribution in [0.5, 0.6) is 11.5 Å². The Bertz CT molecular complexity index is 2770. The van der Waals surface area contributed by atoms with E-state index in [0.29, 0.717) is 69.4 Å². The van der Waals surface area contributed by atoms with Gasteiger partial charge in [-0.05, 0) is 70.5 Å². The zero-order chi connectivity index (χ0) is 44.9. The summed E-state index contributed by atoms with van der Waals surface area (Å²) < 4.78 is 18.7. The Morgan fingerprint density at radius 1 is 0.698 bits per heavy atom. The molecule has 0 unspecified atom stereocenters. The first-order valence-corrected chi connectivity index (χ1v) is 20.6. The van der Waals surface area contributed by atoms with Crippen molar-refractivity contribution in [3.8, 4) is 11.5 Å². The number of allylic oxidation sites excluding steroid dienone is 2. The number of fused-ring (bicyclic) bond motifs is 2. The number of hydrazine groups is 1. The maximum atomic E-state index is 13.8. The second-order valence-electron chi connectivity index (χ2n) is 15.0. The molecule has 1 fully saturated rings. The first kappa shape index (κ1) is 43.8. The van der Waals surface area contributed by atoms with Gasteiger partial charge in [0.2, 0.25) is 23.7 Å². The number of primary amides is 2. The van der Waals surface area contributed by atoms with Crippen molar-refractivity contribution in [3.63, 3.8) is 0 Å². The summed E-state index contributed by atoms with van der Waals surface area (Å²) >= 11 is 0. The maximum Gasteiger partial charge on any atom is 0.276 e. The highest BCUT2D eigenvalue weighted by atomic mass is 16.5. The van der Waals surface area contributed by atoms with Crippen molar-refractivity contribution in [1.82, 2.24) is 48.7 Å². The molecule has 0 aliphatic carbocycles. The molecule has 1 aliphatic heterocycles. The number of aromatic nitrogens is 8. The third kappa shape index (κ3) is 9.31. The van der Waals surface area contributed by atoms with Crippen LogP contribution in [0.25, 0.3) is 22.1 Å². The topological polar surface area (TPSA) is 241 Å². The summed E-state index contributed by atoms with van der Waals surface area (Å²) in [6, 6.07) is 9.58. The van der Waals surface area contributed by atoms with Gasteiger partial charge in [0.1, 0.15) is 40.5 Å². The number of ether oxygens (including phenoxy) is 2. The Balaban J connectivity index is 1.25. The van der Waals surface area contributed by atoms with Crippen LogP contribution in [-0.2, 0) is 26.2 Å². The Hall–Kier alpha value is -7.32. The van der Waals surface area contributed by atoms with Gasteiger partial charge in [-0.2, -0.15) is 10.2 Å². The zero-order valence-electron chi connectivity index (χ0n) is 36.2. The molecule has 4 aromatic heterocycles. The molecule has 2 aromatic carbocycles. The lowest BCUT2D eigenvalue weighted by atomic mass is 10.1. The molecular weight excluding hydrogens is 809 g/mol. The highest BCUT2D eigenvalue weighted by Crippen LogP contribution is 2.33. The van der Waals surface area contributed by atoms with Crippen LogP contribution < -0.4 is 31.6 Å². The van der Waals surface area contributed by atoms with Crippen LogP contribution in [0.2, 0.25) is 0 Å². The lowest BCUT2D eigenvalue weighted by molar-refractivity contribution is 0.0704. The van der Waals surface area contributed by atoms with Gasteiger partial charge in [0.25, 0.3) is 11.8 Å². The smallest absolute Gasteiger partial charge is 0.276 e. The van der Waals surface area contributed by atoms with Gasteiger partial charge in [-0.15, -0.1) is 0 Å². The van der Waals surface area contributed by atoms with Crippen LogP contribution >= 0.6 is 0 Å². The number of methoxy groups -OCH3 is 1. The van der Waals surface area contributed by atoms with E-state index in [0.717, 1.165) is 26.1 Å². The number of aryl methyl sites for hydroxylation is 4. The van der Waals surface area contributed by atoms with Crippen LogP contribution in [0.15, 0.2) is 60.7 Å². The molecular formula is C43H52N14O6. The van der Waals surface area contributed by atoms with E-state index >= 15 is 0 Å². The van der Waals surface area contributed by atoms with Gasteiger partial charge in [-0.3, -0.25) is 39.2 Å². The van der Waals surface area contributed by atoms with Crippen molar-refractivity contribution in [3.05, 3.63) is 94.6 Å². The zero-order valence-corrected chi connectivity index (χ0v) is 36.2. The number of carbonyl (C=O) groups excluding carboxylic acids is 4. The predicted molar refractivity (Wildman–Crippen MR) is 237 cm³/mol. The Kier molecular flexibility index (Phi) is 13.0. The third-order valence-corrected chi connectivity index (χ3v) is 10.7. The van der Waals surface area contributed by atoms with Crippen molar-refractivity contribution in [1.29, 1.82) is 0 Å². The molecule has 4 amide bonds. The quantitative estimate of drug-likeness (QED) is 0.0901. The van der Waals surface area contributed by atoms with E-state index in [1.165, 1.54) is 19.2 Å². The Morgan fingerprint density at radius 3 is 1.65 bits per heavy atom. The van der Waals surface area contributed by atoms with Crippen molar-refractivity contribution < 1.29 is 28.7 Å². The van der Waals surface area contributed by atoms with E-state index in [9.17, 15) is 19.2 Å². The second-order valence-corrected chi connectivity index (χ2v) is 15.0. The van der Waals surface area contributed by atoms with Crippen molar-refractivity contribution in [2.75, 3.05) is 51.0 Å². The maximum absolute atomic E-state index is 13.8. The lowest BCUT2D eigenvalue weighted by Crippen LogP contribution is -2.33. The van der Waals surface area contributed by atoms with Gasteiger partial charge in [0.05, 0.1) is 29.5 Å². The predicted octanol–water partition coefficient (Wildman–Crippen LogP) is 3.89. The fourth-order valence-electron chi connectivity index (χ4n) is 7.61. The number of rotatable bonds is 18. The fourth-order valence-corrected chi connectivity index (χ4v) is 7.61. The van der Waals surface area contributed by atoms with E-state index in [1.807, 2.05) is 45.1 Å². The average molecular weight is 861 g/mol. The average Bonchev–Trinajstić information content (AvgIpc) is 4.09. The van der Waals surface area contributed by atoms with Gasteiger partial charge >= 0.3 is 0 Å². The summed E-state index contributed by atoms with van der Waals surface area (Å²) in [7, 11) is 3.53. The van der Waals surface area contributed by atoms with Crippen LogP contribution in [-0.4, -0.2) is 113 Å². The van der Waals surface area contributed by atoms with Crippen LogP contribution in [0.1, 0.15) is 73.3 Å². The summed E-state index contributed by atoms with van der Waals surface area (Å²) in [5.41, 5.74) is 15.6. The molecule has 7 rings (SSSR count). The molecule has 20 heteroatoms. The molecule has 63 heavy (non-hydrogen) atoms. The number of amides is 4. The second kappa shape index (κ2) is 18.7. The molecule has 0 saturated carbocycles. The Morgan fingerprint density at radius 2 is 1.19 bits per heavy atom. The molecule has 5 heterocycles. The first-order chi connectivity index (χ1) is 30.3. The number of imidazole rings is 2. The van der Waals surface area contributed by atoms with E-state index in [-0.39, 0.29) is 42.7 Å². The summed E-state index contributed by atoms with van der Waals surface area (Å²) in [4.78, 5) is 61.8. The molecule has 1 aliphatic rings. The monoisotopic (exact) mass is 860 g/mol. The standard InChI is InChI=1S/C43H52N14O6/c1-7-56-32(20-26(3)50-56)40(60)48-42-46-30-22-28(38(44)58)24-34(62-6)36(30)54(42)17-9-10-18-55-37-31(47-43(55)49-41(61)33-21-27(4)51-57(33)8-2)23-29(39(45)59)25-35(37)63-19-12-11-15-53-16-13-14-52(53)5/h9-12,20-25H,7-8,13-19H2,1-6H3,(H2,44,58)(H2,45,59)(H,46,48,60)(H,47,49,61)/b10-9+,12-11+. The molecule has 0 atom stereocenters. The van der Waals surface area contributed by atoms with Crippen LogP contribution in [0, 0.1) is 13.8 Å². The molecule has 6 N–H and O–H groups in total. The van der Waals surface area contributed by atoms with E-state index in [4.69, 9.17) is 30.9 Å². The minimum atomic E-state index is -0.667. The van der Waals surface area contributed by atoms with E-state index in [2.05, 4.69) is 37.9 Å². The number of hydrogen-bond donors (Lipinski definition) is 4.